The number of benzene rings is 2. The summed E-state index contributed by atoms with van der Waals surface area (Å²) in [7, 11) is 0. The fourth-order valence-corrected chi connectivity index (χ4v) is 4.24. The van der Waals surface area contributed by atoms with E-state index < -0.39 is 0 Å². The average molecular weight is 380 g/mol. The average Bonchev–Trinajstić information content (AvgIpc) is 3.23. The molecule has 0 saturated heterocycles. The number of rotatable bonds is 2. The van der Waals surface area contributed by atoms with Crippen molar-refractivity contribution in [3.63, 3.8) is 0 Å². The molecule has 0 atom stereocenters. The summed E-state index contributed by atoms with van der Waals surface area (Å²) in [5.41, 5.74) is 4.81. The maximum atomic E-state index is 12.9. The fraction of sp³-hybridized carbons (Fsp3) is 0.211. The molecule has 4 aromatic rings. The molecule has 0 unspecified atom stereocenters. The van der Waals surface area contributed by atoms with E-state index in [0.717, 1.165) is 16.8 Å². The molecule has 2 aromatic carbocycles. The maximum absolute atomic E-state index is 12.9. The molecule has 5 rings (SSSR count). The molecule has 1 aliphatic rings. The van der Waals surface area contributed by atoms with Gasteiger partial charge in [0.25, 0.3) is 5.56 Å². The van der Waals surface area contributed by atoms with Crippen molar-refractivity contribution in [1.29, 1.82) is 0 Å². The van der Waals surface area contributed by atoms with Crippen LogP contribution in [-0.4, -0.2) is 21.4 Å². The van der Waals surface area contributed by atoms with Crippen LogP contribution in [0.25, 0.3) is 15.9 Å². The van der Waals surface area contributed by atoms with E-state index in [9.17, 15) is 4.79 Å². The van der Waals surface area contributed by atoms with Crippen LogP contribution in [0.3, 0.4) is 0 Å². The van der Waals surface area contributed by atoms with Gasteiger partial charge in [-0.05, 0) is 38.0 Å². The van der Waals surface area contributed by atoms with Gasteiger partial charge in [-0.25, -0.2) is 4.98 Å². The molecule has 0 bridgehead atoms. The van der Waals surface area contributed by atoms with Crippen molar-refractivity contribution < 1.29 is 9.47 Å². The summed E-state index contributed by atoms with van der Waals surface area (Å²) in [6.07, 6.45) is 0. The van der Waals surface area contributed by atoms with Crippen molar-refractivity contribution >= 4 is 38.0 Å². The van der Waals surface area contributed by atoms with Gasteiger partial charge < -0.3 is 14.8 Å². The second-order valence-corrected chi connectivity index (χ2v) is 7.60. The molecule has 1 N–H and O–H groups in total. The lowest BCUT2D eigenvalue weighted by atomic mass is 10.1. The SMILES string of the molecule is Cc1cc(C)c(Nc2nn3c(=O)c4cc5c(cc4nc3s2)OCO5)c(C)c1. The molecule has 0 spiro atoms. The zero-order chi connectivity index (χ0) is 18.7. The number of aromatic nitrogens is 3. The summed E-state index contributed by atoms with van der Waals surface area (Å²) >= 11 is 1.33. The van der Waals surface area contributed by atoms with Crippen molar-refractivity contribution in [1.82, 2.24) is 14.6 Å². The number of hydrogen-bond acceptors (Lipinski definition) is 7. The third kappa shape index (κ3) is 2.52. The largest absolute Gasteiger partial charge is 0.454 e. The Bertz CT molecular complexity index is 1270. The van der Waals surface area contributed by atoms with Crippen LogP contribution in [-0.2, 0) is 0 Å². The first-order valence-corrected chi connectivity index (χ1v) is 9.29. The van der Waals surface area contributed by atoms with Crippen LogP contribution in [0.2, 0.25) is 0 Å². The fourth-order valence-electron chi connectivity index (χ4n) is 3.43. The molecule has 1 aliphatic heterocycles. The molecule has 3 heterocycles. The van der Waals surface area contributed by atoms with Crippen molar-refractivity contribution in [3.8, 4) is 11.5 Å². The molecule has 0 radical (unpaired) electrons. The predicted octanol–water partition coefficient (Wildman–Crippen LogP) is 3.70. The van der Waals surface area contributed by atoms with E-state index in [1.54, 1.807) is 12.1 Å². The molecular weight excluding hydrogens is 364 g/mol. The number of ether oxygens (including phenoxy) is 2. The number of anilines is 2. The van der Waals surface area contributed by atoms with Gasteiger partial charge >= 0.3 is 0 Å². The standard InChI is InChI=1S/C19H16N4O3S/c1-9-4-10(2)16(11(3)5-9)21-18-22-23-17(24)12-6-14-15(26-8-25-14)7-13(12)20-19(23)27-18/h4-7H,8H2,1-3H3,(H,21,22). The molecule has 0 amide bonds. The highest BCUT2D eigenvalue weighted by Gasteiger charge is 2.19. The highest BCUT2D eigenvalue weighted by atomic mass is 32.1. The van der Waals surface area contributed by atoms with Gasteiger partial charge in [0, 0.05) is 11.8 Å². The second kappa shape index (κ2) is 5.68. The number of fused-ring (bicyclic) bond motifs is 3. The number of nitrogens with one attached hydrogen (secondary N) is 1. The molecular formula is C19H16N4O3S. The van der Waals surface area contributed by atoms with Crippen LogP contribution >= 0.6 is 11.3 Å². The van der Waals surface area contributed by atoms with Crippen molar-refractivity contribution in [2.24, 2.45) is 0 Å². The Morgan fingerprint density at radius 3 is 2.52 bits per heavy atom. The first-order chi connectivity index (χ1) is 13.0. The minimum absolute atomic E-state index is 0.156. The summed E-state index contributed by atoms with van der Waals surface area (Å²) in [5, 5.41) is 8.85. The maximum Gasteiger partial charge on any atom is 0.283 e. The Balaban J connectivity index is 1.65. The summed E-state index contributed by atoms with van der Waals surface area (Å²) in [6.45, 7) is 6.33. The Morgan fingerprint density at radius 1 is 1.07 bits per heavy atom. The predicted molar refractivity (Wildman–Crippen MR) is 105 cm³/mol. The molecule has 2 aromatic heterocycles. The molecule has 27 heavy (non-hydrogen) atoms. The van der Waals surface area contributed by atoms with Crippen LogP contribution in [0.4, 0.5) is 10.8 Å². The van der Waals surface area contributed by atoms with E-state index >= 15 is 0 Å². The van der Waals surface area contributed by atoms with Crippen LogP contribution in [0.1, 0.15) is 16.7 Å². The van der Waals surface area contributed by atoms with Crippen molar-refractivity contribution in [2.75, 3.05) is 12.1 Å². The second-order valence-electron chi connectivity index (χ2n) is 6.64. The van der Waals surface area contributed by atoms with Gasteiger partial charge in [-0.2, -0.15) is 4.52 Å². The third-order valence-corrected chi connectivity index (χ3v) is 5.42. The number of aryl methyl sites for hydroxylation is 3. The highest BCUT2D eigenvalue weighted by molar-refractivity contribution is 7.20. The van der Waals surface area contributed by atoms with E-state index in [4.69, 9.17) is 9.47 Å². The zero-order valence-electron chi connectivity index (χ0n) is 15.0. The van der Waals surface area contributed by atoms with Gasteiger partial charge in [-0.3, -0.25) is 4.79 Å². The molecule has 0 fully saturated rings. The van der Waals surface area contributed by atoms with E-state index in [-0.39, 0.29) is 12.4 Å². The van der Waals surface area contributed by atoms with E-state index in [1.165, 1.54) is 21.4 Å². The molecule has 8 heteroatoms. The zero-order valence-corrected chi connectivity index (χ0v) is 15.8. The molecule has 136 valence electrons. The lowest BCUT2D eigenvalue weighted by Gasteiger charge is -2.11. The highest BCUT2D eigenvalue weighted by Crippen LogP contribution is 2.35. The van der Waals surface area contributed by atoms with Crippen LogP contribution < -0.4 is 20.3 Å². The molecule has 0 saturated carbocycles. The van der Waals surface area contributed by atoms with Gasteiger partial charge in [0.1, 0.15) is 0 Å². The monoisotopic (exact) mass is 380 g/mol. The Hall–Kier alpha value is -3.13. The van der Waals surface area contributed by atoms with Crippen LogP contribution in [0.5, 0.6) is 11.5 Å². The van der Waals surface area contributed by atoms with Gasteiger partial charge in [0.05, 0.1) is 10.9 Å². The lowest BCUT2D eigenvalue weighted by molar-refractivity contribution is 0.174. The lowest BCUT2D eigenvalue weighted by Crippen LogP contribution is -2.15. The Kier molecular flexibility index (Phi) is 3.38. The normalized spacial score (nSPS) is 12.9. The van der Waals surface area contributed by atoms with E-state index in [2.05, 4.69) is 48.3 Å². The summed E-state index contributed by atoms with van der Waals surface area (Å²) in [6, 6.07) is 7.63. The van der Waals surface area contributed by atoms with Crippen LogP contribution in [0.15, 0.2) is 29.1 Å². The van der Waals surface area contributed by atoms with Crippen molar-refractivity contribution in [3.05, 3.63) is 51.3 Å². The smallest absolute Gasteiger partial charge is 0.283 e. The van der Waals surface area contributed by atoms with Gasteiger partial charge in [-0.1, -0.05) is 29.0 Å². The number of hydrogen-bond donors (Lipinski definition) is 1. The Morgan fingerprint density at radius 2 is 1.78 bits per heavy atom. The van der Waals surface area contributed by atoms with E-state index in [1.807, 2.05) is 0 Å². The van der Waals surface area contributed by atoms with Gasteiger partial charge in [0.2, 0.25) is 16.9 Å². The first kappa shape index (κ1) is 16.1. The Labute approximate surface area is 158 Å². The van der Waals surface area contributed by atoms with Crippen molar-refractivity contribution in [2.45, 2.75) is 20.8 Å². The third-order valence-electron chi connectivity index (χ3n) is 4.60. The number of nitrogens with zero attached hydrogens (tertiary/aromatic N) is 3. The van der Waals surface area contributed by atoms with E-state index in [0.29, 0.717) is 32.5 Å². The molecule has 0 aliphatic carbocycles. The topological polar surface area (TPSA) is 77.8 Å². The quantitative estimate of drug-likeness (QED) is 0.571. The summed E-state index contributed by atoms with van der Waals surface area (Å²) < 4.78 is 12.1. The summed E-state index contributed by atoms with van der Waals surface area (Å²) in [4.78, 5) is 18.0. The van der Waals surface area contributed by atoms with Gasteiger partial charge in [0.15, 0.2) is 11.5 Å². The minimum Gasteiger partial charge on any atom is -0.454 e. The minimum atomic E-state index is -0.227. The van der Waals surface area contributed by atoms with Gasteiger partial charge in [-0.15, -0.1) is 5.10 Å². The first-order valence-electron chi connectivity index (χ1n) is 8.48. The van der Waals surface area contributed by atoms with Crippen LogP contribution in [0, 0.1) is 20.8 Å². The molecule has 7 nitrogen and oxygen atoms in total. The summed E-state index contributed by atoms with van der Waals surface area (Å²) in [5.74, 6) is 1.16.